The summed E-state index contributed by atoms with van der Waals surface area (Å²) in [6, 6.07) is 12.6. The number of nitrogens with two attached hydrogens (primary N) is 1. The number of sulfone groups is 1. The van der Waals surface area contributed by atoms with Crippen molar-refractivity contribution in [1.29, 1.82) is 0 Å². The van der Waals surface area contributed by atoms with Crippen molar-refractivity contribution in [2.24, 2.45) is 10.7 Å². The van der Waals surface area contributed by atoms with E-state index >= 15 is 0 Å². The smallest absolute Gasteiger partial charge is 0.193 e. The van der Waals surface area contributed by atoms with Crippen LogP contribution in [0.25, 0.3) is 0 Å². The summed E-state index contributed by atoms with van der Waals surface area (Å²) in [7, 11) is -0.00464. The maximum atomic E-state index is 11.5. The zero-order valence-corrected chi connectivity index (χ0v) is 15.8. The number of hydrogen-bond acceptors (Lipinski definition) is 5. The molecule has 0 bridgehead atoms. The Kier molecular flexibility index (Phi) is 6.46. The first-order chi connectivity index (χ1) is 12.3. The van der Waals surface area contributed by atoms with Gasteiger partial charge in [-0.15, -0.1) is 0 Å². The average molecular weight is 377 g/mol. The summed E-state index contributed by atoms with van der Waals surface area (Å²) < 4.78 is 33.5. The van der Waals surface area contributed by atoms with E-state index in [1.807, 2.05) is 12.1 Å². The highest BCUT2D eigenvalue weighted by Gasteiger charge is 2.09. The molecule has 0 saturated heterocycles. The predicted molar refractivity (Wildman–Crippen MR) is 103 cm³/mol. The SMILES string of the molecule is COc1ccc(NC(N)=NCc2ccccc2CS(C)(=O)=O)cc1OC. The van der Waals surface area contributed by atoms with Crippen molar-refractivity contribution in [1.82, 2.24) is 0 Å². The maximum absolute atomic E-state index is 11.5. The van der Waals surface area contributed by atoms with Crippen LogP contribution >= 0.6 is 0 Å². The highest BCUT2D eigenvalue weighted by Crippen LogP contribution is 2.29. The van der Waals surface area contributed by atoms with Gasteiger partial charge in [-0.1, -0.05) is 24.3 Å². The Bertz CT molecular complexity index is 895. The number of ether oxygens (including phenoxy) is 2. The van der Waals surface area contributed by atoms with E-state index in [2.05, 4.69) is 10.3 Å². The number of benzene rings is 2. The second-order valence-electron chi connectivity index (χ2n) is 5.74. The number of anilines is 1. The Hall–Kier alpha value is -2.74. The molecule has 2 aromatic rings. The first kappa shape index (κ1) is 19.6. The van der Waals surface area contributed by atoms with E-state index in [4.69, 9.17) is 15.2 Å². The minimum Gasteiger partial charge on any atom is -0.493 e. The van der Waals surface area contributed by atoms with Gasteiger partial charge in [0.2, 0.25) is 0 Å². The van der Waals surface area contributed by atoms with Crippen LogP contribution < -0.4 is 20.5 Å². The van der Waals surface area contributed by atoms with E-state index in [0.717, 1.165) is 11.1 Å². The van der Waals surface area contributed by atoms with Crippen LogP contribution in [0.2, 0.25) is 0 Å². The van der Waals surface area contributed by atoms with Crippen molar-refractivity contribution in [3.63, 3.8) is 0 Å². The highest BCUT2D eigenvalue weighted by molar-refractivity contribution is 7.89. The zero-order chi connectivity index (χ0) is 19.2. The van der Waals surface area contributed by atoms with Crippen LogP contribution in [0.15, 0.2) is 47.5 Å². The minimum atomic E-state index is -3.12. The second-order valence-corrected chi connectivity index (χ2v) is 7.88. The Morgan fingerprint density at radius 2 is 1.73 bits per heavy atom. The topological polar surface area (TPSA) is 103 Å². The third-order valence-corrected chi connectivity index (χ3v) is 4.45. The molecule has 3 N–H and O–H groups in total. The van der Waals surface area contributed by atoms with E-state index in [1.54, 1.807) is 44.6 Å². The monoisotopic (exact) mass is 377 g/mol. The first-order valence-corrected chi connectivity index (χ1v) is 9.92. The van der Waals surface area contributed by atoms with Crippen molar-refractivity contribution in [3.05, 3.63) is 53.6 Å². The molecule has 26 heavy (non-hydrogen) atoms. The van der Waals surface area contributed by atoms with Gasteiger partial charge in [-0.3, -0.25) is 0 Å². The van der Waals surface area contributed by atoms with Crippen molar-refractivity contribution in [2.45, 2.75) is 12.3 Å². The minimum absolute atomic E-state index is 0.0261. The number of methoxy groups -OCH3 is 2. The van der Waals surface area contributed by atoms with Gasteiger partial charge in [-0.2, -0.15) is 0 Å². The lowest BCUT2D eigenvalue weighted by Crippen LogP contribution is -2.22. The van der Waals surface area contributed by atoms with Gasteiger partial charge in [0.25, 0.3) is 0 Å². The maximum Gasteiger partial charge on any atom is 0.193 e. The van der Waals surface area contributed by atoms with Gasteiger partial charge >= 0.3 is 0 Å². The number of guanidine groups is 1. The van der Waals surface area contributed by atoms with Gasteiger partial charge in [-0.05, 0) is 23.3 Å². The fourth-order valence-corrected chi connectivity index (χ4v) is 3.25. The predicted octanol–water partition coefficient (Wildman–Crippen LogP) is 2.18. The molecule has 8 heteroatoms. The van der Waals surface area contributed by atoms with Crippen LogP contribution in [-0.2, 0) is 22.1 Å². The average Bonchev–Trinajstić information content (AvgIpc) is 2.59. The van der Waals surface area contributed by atoms with Crippen LogP contribution in [0.5, 0.6) is 11.5 Å². The molecular weight excluding hydrogens is 354 g/mol. The first-order valence-electron chi connectivity index (χ1n) is 7.86. The van der Waals surface area contributed by atoms with Crippen molar-refractivity contribution in [3.8, 4) is 11.5 Å². The molecule has 0 fully saturated rings. The molecule has 140 valence electrons. The largest absolute Gasteiger partial charge is 0.493 e. The molecule has 0 aliphatic carbocycles. The summed E-state index contributed by atoms with van der Waals surface area (Å²) in [4.78, 5) is 4.29. The van der Waals surface area contributed by atoms with Crippen molar-refractivity contribution < 1.29 is 17.9 Å². The summed E-state index contributed by atoms with van der Waals surface area (Å²) in [6.07, 6.45) is 1.21. The number of nitrogens with zero attached hydrogens (tertiary/aromatic N) is 1. The molecule has 0 saturated carbocycles. The number of aliphatic imine (C=N–C) groups is 1. The van der Waals surface area contributed by atoms with Gasteiger partial charge in [0.15, 0.2) is 27.3 Å². The Labute approximate surface area is 153 Å². The lowest BCUT2D eigenvalue weighted by atomic mass is 10.1. The molecule has 0 aromatic heterocycles. The summed E-state index contributed by atoms with van der Waals surface area (Å²) in [5.74, 6) is 1.38. The summed E-state index contributed by atoms with van der Waals surface area (Å²) >= 11 is 0. The van der Waals surface area contributed by atoms with E-state index in [-0.39, 0.29) is 18.3 Å². The van der Waals surface area contributed by atoms with Gasteiger partial charge in [-0.25, -0.2) is 13.4 Å². The van der Waals surface area contributed by atoms with Crippen molar-refractivity contribution >= 4 is 21.5 Å². The van der Waals surface area contributed by atoms with Crippen LogP contribution in [0.3, 0.4) is 0 Å². The number of rotatable bonds is 7. The van der Waals surface area contributed by atoms with Gasteiger partial charge in [0, 0.05) is 18.0 Å². The molecule has 0 radical (unpaired) electrons. The van der Waals surface area contributed by atoms with E-state index in [9.17, 15) is 8.42 Å². The molecule has 7 nitrogen and oxygen atoms in total. The summed E-state index contributed by atoms with van der Waals surface area (Å²) in [5, 5.41) is 2.98. The Morgan fingerprint density at radius 3 is 2.35 bits per heavy atom. The molecule has 0 spiro atoms. The lowest BCUT2D eigenvalue weighted by molar-refractivity contribution is 0.355. The van der Waals surface area contributed by atoms with E-state index < -0.39 is 9.84 Å². The Balaban J connectivity index is 2.12. The van der Waals surface area contributed by atoms with E-state index in [0.29, 0.717) is 17.2 Å². The second kappa shape index (κ2) is 8.57. The zero-order valence-electron chi connectivity index (χ0n) is 15.0. The molecule has 2 aromatic carbocycles. The number of hydrogen-bond donors (Lipinski definition) is 2. The Morgan fingerprint density at radius 1 is 1.08 bits per heavy atom. The molecule has 0 heterocycles. The molecule has 0 unspecified atom stereocenters. The third kappa shape index (κ3) is 5.66. The fraction of sp³-hybridized carbons (Fsp3) is 0.278. The highest BCUT2D eigenvalue weighted by atomic mass is 32.2. The standard InChI is InChI=1S/C18H23N3O4S/c1-24-16-9-8-15(10-17(16)25-2)21-18(19)20-11-13-6-4-5-7-14(13)12-26(3,22)23/h4-10H,11-12H2,1-3H3,(H3,19,20,21). The molecule has 0 aliphatic rings. The quantitative estimate of drug-likeness (QED) is 0.566. The van der Waals surface area contributed by atoms with Crippen molar-refractivity contribution in [2.75, 3.05) is 25.8 Å². The number of nitrogens with one attached hydrogen (secondary N) is 1. The summed E-state index contributed by atoms with van der Waals surface area (Å²) in [5.41, 5.74) is 8.18. The molecule has 0 amide bonds. The molecule has 2 rings (SSSR count). The van der Waals surface area contributed by atoms with Crippen LogP contribution in [0.4, 0.5) is 5.69 Å². The molecule has 0 aliphatic heterocycles. The fourth-order valence-electron chi connectivity index (χ4n) is 2.41. The van der Waals surface area contributed by atoms with Crippen LogP contribution in [-0.4, -0.2) is 34.9 Å². The summed E-state index contributed by atoms with van der Waals surface area (Å²) in [6.45, 7) is 0.276. The van der Waals surface area contributed by atoms with Gasteiger partial charge in [0.1, 0.15) is 0 Å². The lowest BCUT2D eigenvalue weighted by Gasteiger charge is -2.11. The third-order valence-electron chi connectivity index (χ3n) is 3.61. The van der Waals surface area contributed by atoms with Crippen LogP contribution in [0, 0.1) is 0 Å². The normalized spacial score (nSPS) is 11.9. The molecular formula is C18H23N3O4S. The van der Waals surface area contributed by atoms with E-state index in [1.165, 1.54) is 6.26 Å². The van der Waals surface area contributed by atoms with Crippen LogP contribution in [0.1, 0.15) is 11.1 Å². The van der Waals surface area contributed by atoms with Gasteiger partial charge in [0.05, 0.1) is 26.5 Å². The molecule has 0 atom stereocenters. The van der Waals surface area contributed by atoms with Gasteiger partial charge < -0.3 is 20.5 Å².